The molecule has 2 atom stereocenters. The van der Waals surface area contributed by atoms with E-state index in [1.807, 2.05) is 30.1 Å². The molecule has 106 valence electrons. The second-order valence-corrected chi connectivity index (χ2v) is 6.51. The van der Waals surface area contributed by atoms with E-state index in [1.165, 1.54) is 25.7 Å². The summed E-state index contributed by atoms with van der Waals surface area (Å²) in [5, 5.41) is 6.65. The van der Waals surface area contributed by atoms with Gasteiger partial charge in [0.1, 0.15) is 0 Å². The largest absolute Gasteiger partial charge is 0.398 e. The van der Waals surface area contributed by atoms with Crippen molar-refractivity contribution in [3.05, 3.63) is 30.6 Å². The third-order valence-electron chi connectivity index (χ3n) is 4.20. The van der Waals surface area contributed by atoms with Gasteiger partial charge in [0.2, 0.25) is 0 Å². The highest BCUT2D eigenvalue weighted by Gasteiger charge is 2.24. The molecule has 2 aromatic rings. The molecule has 0 bridgehead atoms. The van der Waals surface area contributed by atoms with E-state index in [1.54, 1.807) is 6.20 Å². The average molecular weight is 287 g/mol. The quantitative estimate of drug-likeness (QED) is 0.841. The van der Waals surface area contributed by atoms with Gasteiger partial charge in [-0.05, 0) is 37.3 Å². The van der Waals surface area contributed by atoms with Gasteiger partial charge in [-0.15, -0.1) is 0 Å². The minimum absolute atomic E-state index is 0.547. The number of anilines is 2. The number of hydrogen-bond acceptors (Lipinski definition) is 4. The zero-order valence-electron chi connectivity index (χ0n) is 11.8. The van der Waals surface area contributed by atoms with Crippen molar-refractivity contribution in [1.82, 2.24) is 4.98 Å². The van der Waals surface area contributed by atoms with Gasteiger partial charge < -0.3 is 11.1 Å². The van der Waals surface area contributed by atoms with E-state index in [0.29, 0.717) is 11.3 Å². The van der Waals surface area contributed by atoms with Crippen LogP contribution in [-0.2, 0) is 0 Å². The van der Waals surface area contributed by atoms with Crippen LogP contribution in [0, 0.1) is 0 Å². The van der Waals surface area contributed by atoms with Crippen LogP contribution in [0.25, 0.3) is 10.8 Å². The molecule has 1 aliphatic carbocycles. The van der Waals surface area contributed by atoms with Gasteiger partial charge in [0, 0.05) is 45.8 Å². The molecule has 1 aliphatic rings. The van der Waals surface area contributed by atoms with Gasteiger partial charge in [-0.2, -0.15) is 11.8 Å². The Morgan fingerprint density at radius 2 is 2.05 bits per heavy atom. The van der Waals surface area contributed by atoms with E-state index >= 15 is 0 Å². The summed E-state index contributed by atoms with van der Waals surface area (Å²) in [5.74, 6) is 0. The number of nitrogens with zero attached hydrogens (tertiary/aromatic N) is 1. The van der Waals surface area contributed by atoms with Crippen LogP contribution in [0.3, 0.4) is 0 Å². The zero-order valence-corrected chi connectivity index (χ0v) is 12.6. The smallest absolute Gasteiger partial charge is 0.0439 e. The lowest BCUT2D eigenvalue weighted by Crippen LogP contribution is -2.34. The molecule has 0 saturated heterocycles. The van der Waals surface area contributed by atoms with E-state index in [0.717, 1.165) is 22.1 Å². The number of aromatic nitrogens is 1. The molecule has 1 saturated carbocycles. The summed E-state index contributed by atoms with van der Waals surface area (Å²) in [6, 6.07) is 6.61. The third-order valence-corrected chi connectivity index (χ3v) is 5.37. The normalized spacial score (nSPS) is 22.9. The number of nitrogens with one attached hydrogen (secondary N) is 1. The number of fused-ring (bicyclic) bond motifs is 1. The Labute approximate surface area is 124 Å². The predicted octanol–water partition coefficient (Wildman–Crippen LogP) is 3.90. The topological polar surface area (TPSA) is 50.9 Å². The standard InChI is InChI=1S/C16H21N3S/c1-20-16-5-3-2-4-15(16)19-14-7-6-13(17)11-8-9-18-10-12(11)14/h6-10,15-16,19H,2-5,17H2,1H3. The Bertz CT molecular complexity index is 599. The first kappa shape index (κ1) is 13.6. The summed E-state index contributed by atoms with van der Waals surface area (Å²) in [6.07, 6.45) is 11.2. The molecule has 0 radical (unpaired) electrons. The number of nitrogens with two attached hydrogens (primary N) is 1. The van der Waals surface area contributed by atoms with Crippen LogP contribution in [0.15, 0.2) is 30.6 Å². The zero-order chi connectivity index (χ0) is 13.9. The lowest BCUT2D eigenvalue weighted by molar-refractivity contribution is 0.475. The number of pyridine rings is 1. The average Bonchev–Trinajstić information content (AvgIpc) is 2.51. The Morgan fingerprint density at radius 3 is 2.90 bits per heavy atom. The van der Waals surface area contributed by atoms with Gasteiger partial charge in [0.05, 0.1) is 0 Å². The first-order valence-electron chi connectivity index (χ1n) is 7.21. The Balaban J connectivity index is 1.92. The van der Waals surface area contributed by atoms with Crippen molar-refractivity contribution >= 4 is 33.9 Å². The summed E-state index contributed by atoms with van der Waals surface area (Å²) in [4.78, 5) is 4.25. The van der Waals surface area contributed by atoms with Crippen LogP contribution in [0.1, 0.15) is 25.7 Å². The minimum Gasteiger partial charge on any atom is -0.398 e. The van der Waals surface area contributed by atoms with Crippen LogP contribution < -0.4 is 11.1 Å². The number of hydrogen-bond donors (Lipinski definition) is 2. The molecule has 3 rings (SSSR count). The Kier molecular flexibility index (Phi) is 4.01. The molecule has 1 fully saturated rings. The molecule has 0 spiro atoms. The number of nitrogen functional groups attached to an aromatic ring is 1. The van der Waals surface area contributed by atoms with Crippen molar-refractivity contribution < 1.29 is 0 Å². The van der Waals surface area contributed by atoms with Crippen molar-refractivity contribution in [2.24, 2.45) is 0 Å². The van der Waals surface area contributed by atoms with Crippen LogP contribution in [0.5, 0.6) is 0 Å². The van der Waals surface area contributed by atoms with Gasteiger partial charge in [-0.25, -0.2) is 0 Å². The molecule has 4 heteroatoms. The fourth-order valence-corrected chi connectivity index (χ4v) is 4.02. The lowest BCUT2D eigenvalue weighted by Gasteiger charge is -2.32. The lowest BCUT2D eigenvalue weighted by atomic mass is 9.94. The number of benzene rings is 1. The highest BCUT2D eigenvalue weighted by atomic mass is 32.2. The molecule has 0 amide bonds. The summed E-state index contributed by atoms with van der Waals surface area (Å²) >= 11 is 1.98. The molecule has 3 nitrogen and oxygen atoms in total. The van der Waals surface area contributed by atoms with Crippen molar-refractivity contribution in [3.8, 4) is 0 Å². The van der Waals surface area contributed by atoms with E-state index < -0.39 is 0 Å². The minimum atomic E-state index is 0.547. The third kappa shape index (κ3) is 2.57. The predicted molar refractivity (Wildman–Crippen MR) is 89.3 cm³/mol. The maximum absolute atomic E-state index is 6.05. The van der Waals surface area contributed by atoms with Crippen LogP contribution in [0.2, 0.25) is 0 Å². The van der Waals surface area contributed by atoms with E-state index in [2.05, 4.69) is 22.6 Å². The van der Waals surface area contributed by atoms with E-state index in [-0.39, 0.29) is 0 Å². The van der Waals surface area contributed by atoms with Gasteiger partial charge in [-0.1, -0.05) is 12.8 Å². The Hall–Kier alpha value is -1.42. The summed E-state index contributed by atoms with van der Waals surface area (Å²) in [6.45, 7) is 0. The molecule has 0 aliphatic heterocycles. The van der Waals surface area contributed by atoms with Crippen molar-refractivity contribution in [2.75, 3.05) is 17.3 Å². The van der Waals surface area contributed by atoms with Crippen LogP contribution in [-0.4, -0.2) is 22.5 Å². The van der Waals surface area contributed by atoms with E-state index in [4.69, 9.17) is 5.73 Å². The highest BCUT2D eigenvalue weighted by molar-refractivity contribution is 7.99. The van der Waals surface area contributed by atoms with Crippen molar-refractivity contribution in [1.29, 1.82) is 0 Å². The molecular weight excluding hydrogens is 266 g/mol. The molecule has 1 aromatic carbocycles. The van der Waals surface area contributed by atoms with Gasteiger partial charge >= 0.3 is 0 Å². The van der Waals surface area contributed by atoms with Gasteiger partial charge in [0.25, 0.3) is 0 Å². The van der Waals surface area contributed by atoms with Crippen molar-refractivity contribution in [3.63, 3.8) is 0 Å². The van der Waals surface area contributed by atoms with Crippen molar-refractivity contribution in [2.45, 2.75) is 37.0 Å². The maximum atomic E-state index is 6.05. The monoisotopic (exact) mass is 287 g/mol. The molecule has 3 N–H and O–H groups in total. The second kappa shape index (κ2) is 5.92. The second-order valence-electron chi connectivity index (χ2n) is 5.43. The fraction of sp³-hybridized carbons (Fsp3) is 0.438. The van der Waals surface area contributed by atoms with Crippen LogP contribution >= 0.6 is 11.8 Å². The van der Waals surface area contributed by atoms with Crippen LogP contribution in [0.4, 0.5) is 11.4 Å². The molecular formula is C16H21N3S. The first-order valence-corrected chi connectivity index (χ1v) is 8.50. The summed E-state index contributed by atoms with van der Waals surface area (Å²) < 4.78 is 0. The SMILES string of the molecule is CSC1CCCCC1Nc1ccc(N)c2ccncc12. The summed E-state index contributed by atoms with van der Waals surface area (Å²) in [7, 11) is 0. The van der Waals surface area contributed by atoms with E-state index in [9.17, 15) is 0 Å². The molecule has 20 heavy (non-hydrogen) atoms. The summed E-state index contributed by atoms with van der Waals surface area (Å²) in [5.41, 5.74) is 8.03. The number of rotatable bonds is 3. The molecule has 1 aromatic heterocycles. The van der Waals surface area contributed by atoms with Gasteiger partial charge in [-0.3, -0.25) is 4.98 Å². The number of thioether (sulfide) groups is 1. The molecule has 2 unspecified atom stereocenters. The highest BCUT2D eigenvalue weighted by Crippen LogP contribution is 2.33. The van der Waals surface area contributed by atoms with Gasteiger partial charge in [0.15, 0.2) is 0 Å². The first-order chi connectivity index (χ1) is 9.79. The Morgan fingerprint density at radius 1 is 1.20 bits per heavy atom. The fourth-order valence-electron chi connectivity index (χ4n) is 3.08. The molecule has 1 heterocycles. The maximum Gasteiger partial charge on any atom is 0.0439 e.